The second-order valence-corrected chi connectivity index (χ2v) is 10.0. The summed E-state index contributed by atoms with van der Waals surface area (Å²) in [6.07, 6.45) is -0.853. The average molecular weight is 509 g/mol. The number of carbonyl (C=O) groups excluding carboxylic acids is 1. The van der Waals surface area contributed by atoms with Gasteiger partial charge in [0.25, 0.3) is 10.0 Å². The summed E-state index contributed by atoms with van der Waals surface area (Å²) >= 11 is 0. The molecule has 9 nitrogen and oxygen atoms in total. The van der Waals surface area contributed by atoms with E-state index in [1.54, 1.807) is 24.6 Å². The van der Waals surface area contributed by atoms with Gasteiger partial charge in [-0.15, -0.1) is 0 Å². The zero-order valence-corrected chi connectivity index (χ0v) is 19.8. The molecular formula is C22H23F3N6O3S. The largest absolute Gasteiger partial charge is 0.416 e. The monoisotopic (exact) mass is 508 g/mol. The van der Waals surface area contributed by atoms with Crippen LogP contribution in [0.4, 0.5) is 13.2 Å². The first kappa shape index (κ1) is 24.8. The predicted molar refractivity (Wildman–Crippen MR) is 119 cm³/mol. The molecule has 1 aliphatic heterocycles. The molecule has 35 heavy (non-hydrogen) atoms. The summed E-state index contributed by atoms with van der Waals surface area (Å²) < 4.78 is 67.3. The summed E-state index contributed by atoms with van der Waals surface area (Å²) in [5.74, 6) is 0.0739. The molecule has 13 heteroatoms. The van der Waals surface area contributed by atoms with Crippen LogP contribution >= 0.6 is 0 Å². The van der Waals surface area contributed by atoms with Crippen molar-refractivity contribution in [1.82, 2.24) is 29.1 Å². The Hall–Kier alpha value is -3.32. The summed E-state index contributed by atoms with van der Waals surface area (Å²) in [5.41, 5.74) is 0.524. The van der Waals surface area contributed by atoms with Gasteiger partial charge in [0, 0.05) is 25.4 Å². The summed E-state index contributed by atoms with van der Waals surface area (Å²) in [4.78, 5) is 25.2. The molecule has 0 saturated carbocycles. The van der Waals surface area contributed by atoms with Gasteiger partial charge in [0.1, 0.15) is 18.2 Å². The number of rotatable bonds is 6. The zero-order valence-electron chi connectivity index (χ0n) is 19.0. The van der Waals surface area contributed by atoms with Gasteiger partial charge in [0.15, 0.2) is 5.03 Å². The number of halogens is 3. The Morgan fingerprint density at radius 3 is 2.54 bits per heavy atom. The topological polar surface area (TPSA) is 110 Å². The van der Waals surface area contributed by atoms with Crippen molar-refractivity contribution in [1.29, 1.82) is 0 Å². The van der Waals surface area contributed by atoms with Gasteiger partial charge in [-0.1, -0.05) is 12.1 Å². The fraction of sp³-hybridized carbons (Fsp3) is 0.364. The number of nitrogens with zero attached hydrogens (tertiary/aromatic N) is 5. The summed E-state index contributed by atoms with van der Waals surface area (Å²) in [6, 6.07) is 5.25. The van der Waals surface area contributed by atoms with Crippen molar-refractivity contribution >= 4 is 15.9 Å². The van der Waals surface area contributed by atoms with Crippen LogP contribution in [0.5, 0.6) is 0 Å². The third-order valence-corrected chi connectivity index (χ3v) is 7.62. The maximum Gasteiger partial charge on any atom is 0.416 e. The van der Waals surface area contributed by atoms with Crippen molar-refractivity contribution in [3.05, 3.63) is 59.9 Å². The molecule has 2 aromatic heterocycles. The van der Waals surface area contributed by atoms with Crippen molar-refractivity contribution in [3.8, 4) is 11.3 Å². The first-order chi connectivity index (χ1) is 16.5. The summed E-state index contributed by atoms with van der Waals surface area (Å²) in [6.45, 7) is 1.90. The SMILES string of the molecule is Cc1nc(S(=O)(=O)N2CCC[C@H]2C(=O)NCc2cc(-c3ccc(C(F)(F)F)cc3)ncn2)cn1C. The van der Waals surface area contributed by atoms with E-state index in [0.29, 0.717) is 35.6 Å². The Morgan fingerprint density at radius 2 is 1.91 bits per heavy atom. The van der Waals surface area contributed by atoms with E-state index < -0.39 is 33.7 Å². The molecule has 0 bridgehead atoms. The van der Waals surface area contributed by atoms with Gasteiger partial charge >= 0.3 is 6.18 Å². The molecule has 0 radical (unpaired) electrons. The van der Waals surface area contributed by atoms with Gasteiger partial charge in [0.2, 0.25) is 5.91 Å². The highest BCUT2D eigenvalue weighted by Gasteiger charge is 2.40. The molecule has 0 spiro atoms. The van der Waals surface area contributed by atoms with E-state index >= 15 is 0 Å². The van der Waals surface area contributed by atoms with Crippen LogP contribution in [0.2, 0.25) is 0 Å². The molecule has 0 unspecified atom stereocenters. The number of aromatic nitrogens is 4. The molecule has 4 rings (SSSR count). The van der Waals surface area contributed by atoms with E-state index in [9.17, 15) is 26.4 Å². The van der Waals surface area contributed by atoms with E-state index in [0.717, 1.165) is 16.4 Å². The maximum atomic E-state index is 13.1. The van der Waals surface area contributed by atoms with Crippen LogP contribution in [-0.4, -0.2) is 50.7 Å². The second-order valence-electron chi connectivity index (χ2n) is 8.20. The van der Waals surface area contributed by atoms with Crippen molar-refractivity contribution in [3.63, 3.8) is 0 Å². The molecule has 0 aliphatic carbocycles. The minimum Gasteiger partial charge on any atom is -0.349 e. The number of sulfonamides is 1. The lowest BCUT2D eigenvalue weighted by molar-refractivity contribution is -0.137. The van der Waals surface area contributed by atoms with E-state index in [-0.39, 0.29) is 18.1 Å². The molecule has 186 valence electrons. The lowest BCUT2D eigenvalue weighted by Gasteiger charge is -2.22. The molecule has 3 aromatic rings. The van der Waals surface area contributed by atoms with Crippen molar-refractivity contribution < 1.29 is 26.4 Å². The number of hydrogen-bond donors (Lipinski definition) is 1. The van der Waals surface area contributed by atoms with Crippen LogP contribution < -0.4 is 5.32 Å². The highest BCUT2D eigenvalue weighted by molar-refractivity contribution is 7.89. The van der Waals surface area contributed by atoms with E-state index in [4.69, 9.17) is 0 Å². The Balaban J connectivity index is 1.45. The van der Waals surface area contributed by atoms with Crippen molar-refractivity contribution in [2.45, 2.75) is 43.6 Å². The fourth-order valence-electron chi connectivity index (χ4n) is 3.84. The molecule has 1 aliphatic rings. The van der Waals surface area contributed by atoms with Gasteiger partial charge < -0.3 is 9.88 Å². The maximum absolute atomic E-state index is 13.1. The van der Waals surface area contributed by atoms with Crippen LogP contribution in [0.25, 0.3) is 11.3 Å². The lowest BCUT2D eigenvalue weighted by Crippen LogP contribution is -2.45. The third kappa shape index (κ3) is 5.20. The average Bonchev–Trinajstić information content (AvgIpc) is 3.45. The second kappa shape index (κ2) is 9.38. The van der Waals surface area contributed by atoms with Gasteiger partial charge in [-0.2, -0.15) is 17.5 Å². The normalized spacial score (nSPS) is 17.0. The number of benzene rings is 1. The quantitative estimate of drug-likeness (QED) is 0.548. The Kier molecular flexibility index (Phi) is 6.64. The van der Waals surface area contributed by atoms with Crippen LogP contribution in [0.1, 0.15) is 29.9 Å². The van der Waals surface area contributed by atoms with Crippen LogP contribution in [0, 0.1) is 6.92 Å². The van der Waals surface area contributed by atoms with Gasteiger partial charge in [-0.25, -0.2) is 23.4 Å². The van der Waals surface area contributed by atoms with Crippen LogP contribution in [-0.2, 0) is 34.6 Å². The number of aryl methyl sites for hydroxylation is 2. The molecule has 1 amide bonds. The number of hydrogen-bond acceptors (Lipinski definition) is 6. The number of nitrogens with one attached hydrogen (secondary N) is 1. The Bertz CT molecular complexity index is 1320. The molecule has 1 N–H and O–H groups in total. The number of carbonyl (C=O) groups is 1. The van der Waals surface area contributed by atoms with E-state index in [1.807, 2.05) is 0 Å². The Labute approximate surface area is 200 Å². The number of imidazole rings is 1. The standard InChI is InChI=1S/C22H23F3N6O3S/c1-14-29-20(12-30(14)2)35(33,34)31-9-3-4-19(31)21(32)26-11-17-10-18(28-13-27-17)15-5-7-16(8-6-15)22(23,24)25/h5-8,10,12-13,19H,3-4,9,11H2,1-2H3,(H,26,32)/t19-/m0/s1. The lowest BCUT2D eigenvalue weighted by atomic mass is 10.1. The first-order valence-electron chi connectivity index (χ1n) is 10.7. The van der Waals surface area contributed by atoms with E-state index in [1.165, 1.54) is 24.7 Å². The number of amides is 1. The molecular weight excluding hydrogens is 485 g/mol. The predicted octanol–water partition coefficient (Wildman–Crippen LogP) is 2.67. The van der Waals surface area contributed by atoms with Crippen LogP contribution in [0.15, 0.2) is 47.9 Å². The van der Waals surface area contributed by atoms with Gasteiger partial charge in [0.05, 0.1) is 23.5 Å². The summed E-state index contributed by atoms with van der Waals surface area (Å²) in [5, 5.41) is 2.61. The third-order valence-electron chi connectivity index (χ3n) is 5.84. The highest BCUT2D eigenvalue weighted by atomic mass is 32.2. The van der Waals surface area contributed by atoms with Crippen molar-refractivity contribution in [2.75, 3.05) is 6.54 Å². The fourth-order valence-corrected chi connectivity index (χ4v) is 5.52. The zero-order chi connectivity index (χ0) is 25.4. The highest BCUT2D eigenvalue weighted by Crippen LogP contribution is 2.30. The van der Waals surface area contributed by atoms with E-state index in [2.05, 4.69) is 20.3 Å². The molecule has 1 fully saturated rings. The molecule has 1 saturated heterocycles. The molecule has 1 aromatic carbocycles. The smallest absolute Gasteiger partial charge is 0.349 e. The summed E-state index contributed by atoms with van der Waals surface area (Å²) in [7, 11) is -2.25. The number of alkyl halides is 3. The van der Waals surface area contributed by atoms with Crippen molar-refractivity contribution in [2.24, 2.45) is 7.05 Å². The van der Waals surface area contributed by atoms with Gasteiger partial charge in [-0.3, -0.25) is 4.79 Å². The minimum absolute atomic E-state index is 0.00205. The molecule has 3 heterocycles. The first-order valence-corrected chi connectivity index (χ1v) is 12.2. The van der Waals surface area contributed by atoms with Crippen LogP contribution in [0.3, 0.4) is 0 Å². The minimum atomic E-state index is -4.43. The van der Waals surface area contributed by atoms with Gasteiger partial charge in [-0.05, 0) is 38.0 Å². The molecule has 1 atom stereocenters. The Morgan fingerprint density at radius 1 is 1.20 bits per heavy atom.